The Bertz CT molecular complexity index is 486. The number of anilines is 1. The van der Waals surface area contributed by atoms with Crippen LogP contribution in [0.15, 0.2) is 18.2 Å². The smallest absolute Gasteiger partial charge is 0.481 e. The lowest BCUT2D eigenvalue weighted by atomic mass is 9.89. The molecule has 1 rings (SSSR count). The van der Waals surface area contributed by atoms with Gasteiger partial charge in [-0.1, -0.05) is 26.0 Å². The van der Waals surface area contributed by atoms with Crippen molar-refractivity contribution in [1.82, 2.24) is 0 Å². The van der Waals surface area contributed by atoms with E-state index in [4.69, 9.17) is 5.73 Å². The molecule has 0 aliphatic carbocycles. The van der Waals surface area contributed by atoms with Gasteiger partial charge in [0.1, 0.15) is 0 Å². The fraction of sp³-hybridized carbons (Fsp3) is 0.462. The molecule has 0 bridgehead atoms. The molecule has 1 unspecified atom stereocenters. The second kappa shape index (κ2) is 6.02. The van der Waals surface area contributed by atoms with E-state index in [2.05, 4.69) is 4.74 Å². The molecule has 112 valence electrons. The largest absolute Gasteiger partial charge is 0.573 e. The van der Waals surface area contributed by atoms with E-state index in [9.17, 15) is 23.1 Å². The maximum absolute atomic E-state index is 12.2. The van der Waals surface area contributed by atoms with Gasteiger partial charge in [-0.05, 0) is 24.0 Å². The summed E-state index contributed by atoms with van der Waals surface area (Å²) in [4.78, 5) is 11.3. The van der Waals surface area contributed by atoms with E-state index in [1.165, 1.54) is 12.1 Å². The standard InChI is InChI=1S/C13H16F3NO3/c1-7(2)6-9(12(18)19)8-4-3-5-10(11(8)17)20-13(14,15)16/h3-5,7,9H,6,17H2,1-2H3,(H,18,19). The molecule has 0 radical (unpaired) electrons. The maximum atomic E-state index is 12.2. The number of carbonyl (C=O) groups is 1. The number of nitrogen functional groups attached to an aromatic ring is 1. The summed E-state index contributed by atoms with van der Waals surface area (Å²) < 4.78 is 40.5. The van der Waals surface area contributed by atoms with Crippen molar-refractivity contribution in [2.45, 2.75) is 32.5 Å². The van der Waals surface area contributed by atoms with E-state index < -0.39 is 24.0 Å². The number of rotatable bonds is 5. The van der Waals surface area contributed by atoms with E-state index in [0.717, 1.165) is 6.07 Å². The Balaban J connectivity index is 3.17. The fourth-order valence-electron chi connectivity index (χ4n) is 1.91. The van der Waals surface area contributed by atoms with Gasteiger partial charge in [-0.3, -0.25) is 4.79 Å². The Morgan fingerprint density at radius 1 is 1.40 bits per heavy atom. The summed E-state index contributed by atoms with van der Waals surface area (Å²) in [6.07, 6.45) is -4.60. The summed E-state index contributed by atoms with van der Waals surface area (Å²) in [6.45, 7) is 3.64. The van der Waals surface area contributed by atoms with Crippen LogP contribution < -0.4 is 10.5 Å². The monoisotopic (exact) mass is 291 g/mol. The lowest BCUT2D eigenvalue weighted by molar-refractivity contribution is -0.274. The highest BCUT2D eigenvalue weighted by atomic mass is 19.4. The van der Waals surface area contributed by atoms with Crippen molar-refractivity contribution < 1.29 is 27.8 Å². The first-order valence-electron chi connectivity index (χ1n) is 5.98. The van der Waals surface area contributed by atoms with Gasteiger partial charge in [0, 0.05) is 0 Å². The highest BCUT2D eigenvalue weighted by Gasteiger charge is 2.33. The molecule has 20 heavy (non-hydrogen) atoms. The summed E-state index contributed by atoms with van der Waals surface area (Å²) in [5.41, 5.74) is 5.46. The molecular weight excluding hydrogens is 275 g/mol. The van der Waals surface area contributed by atoms with Crippen LogP contribution in [0.1, 0.15) is 31.7 Å². The fourth-order valence-corrected chi connectivity index (χ4v) is 1.91. The summed E-state index contributed by atoms with van der Waals surface area (Å²) in [5.74, 6) is -2.62. The Kier molecular flexibility index (Phi) is 4.86. The number of carboxylic acid groups (broad SMARTS) is 1. The Labute approximate surface area is 114 Å². The third-order valence-electron chi connectivity index (χ3n) is 2.71. The van der Waals surface area contributed by atoms with Gasteiger partial charge in [0.25, 0.3) is 0 Å². The number of ether oxygens (including phenoxy) is 1. The summed E-state index contributed by atoms with van der Waals surface area (Å²) in [6, 6.07) is 3.75. The second-order valence-electron chi connectivity index (χ2n) is 4.83. The summed E-state index contributed by atoms with van der Waals surface area (Å²) in [7, 11) is 0. The van der Waals surface area contributed by atoms with E-state index in [0.29, 0.717) is 0 Å². The molecule has 1 atom stereocenters. The Morgan fingerprint density at radius 3 is 2.45 bits per heavy atom. The van der Waals surface area contributed by atoms with Crippen molar-refractivity contribution in [3.05, 3.63) is 23.8 Å². The van der Waals surface area contributed by atoms with Gasteiger partial charge in [0.15, 0.2) is 5.75 Å². The molecule has 1 aromatic rings. The molecule has 0 saturated heterocycles. The van der Waals surface area contributed by atoms with E-state index in [1.54, 1.807) is 0 Å². The number of nitrogens with two attached hydrogens (primary N) is 1. The topological polar surface area (TPSA) is 72.5 Å². The van der Waals surface area contributed by atoms with Gasteiger partial charge in [0.2, 0.25) is 0 Å². The van der Waals surface area contributed by atoms with Gasteiger partial charge in [-0.15, -0.1) is 13.2 Å². The quantitative estimate of drug-likeness (QED) is 0.816. The van der Waals surface area contributed by atoms with Gasteiger partial charge < -0.3 is 15.6 Å². The summed E-state index contributed by atoms with van der Waals surface area (Å²) in [5, 5.41) is 9.20. The number of hydrogen-bond acceptors (Lipinski definition) is 3. The van der Waals surface area contributed by atoms with Gasteiger partial charge >= 0.3 is 12.3 Å². The number of halogens is 3. The average molecular weight is 291 g/mol. The molecule has 3 N–H and O–H groups in total. The van der Waals surface area contributed by atoms with E-state index >= 15 is 0 Å². The molecule has 7 heteroatoms. The molecule has 4 nitrogen and oxygen atoms in total. The highest BCUT2D eigenvalue weighted by molar-refractivity contribution is 5.79. The minimum absolute atomic E-state index is 0.0580. The van der Waals surface area contributed by atoms with Crippen LogP contribution in [-0.2, 0) is 4.79 Å². The van der Waals surface area contributed by atoms with Crippen molar-refractivity contribution >= 4 is 11.7 Å². The normalized spacial score (nSPS) is 13.3. The van der Waals surface area contributed by atoms with Crippen molar-refractivity contribution in [3.8, 4) is 5.75 Å². The van der Waals surface area contributed by atoms with Gasteiger partial charge in [0.05, 0.1) is 11.6 Å². The first kappa shape index (κ1) is 16.1. The van der Waals surface area contributed by atoms with Crippen molar-refractivity contribution in [2.24, 2.45) is 5.92 Å². The van der Waals surface area contributed by atoms with Crippen LogP contribution in [0, 0.1) is 5.92 Å². The predicted octanol–water partition coefficient (Wildman–Crippen LogP) is 3.38. The van der Waals surface area contributed by atoms with Crippen LogP contribution in [0.2, 0.25) is 0 Å². The number of aliphatic carboxylic acids is 1. The average Bonchev–Trinajstić information content (AvgIpc) is 2.27. The lowest BCUT2D eigenvalue weighted by Crippen LogP contribution is -2.20. The molecular formula is C13H16F3NO3. The minimum atomic E-state index is -4.87. The van der Waals surface area contributed by atoms with Crippen LogP contribution in [0.25, 0.3) is 0 Å². The minimum Gasteiger partial charge on any atom is -0.481 e. The molecule has 0 aromatic heterocycles. The number of hydrogen-bond donors (Lipinski definition) is 2. The predicted molar refractivity (Wildman–Crippen MR) is 67.4 cm³/mol. The third-order valence-corrected chi connectivity index (χ3v) is 2.71. The number of alkyl halides is 3. The molecule has 1 aromatic carbocycles. The van der Waals surface area contributed by atoms with Crippen molar-refractivity contribution in [2.75, 3.05) is 5.73 Å². The zero-order valence-electron chi connectivity index (χ0n) is 11.1. The third kappa shape index (κ3) is 4.32. The van der Waals surface area contributed by atoms with Crippen molar-refractivity contribution in [1.29, 1.82) is 0 Å². The zero-order chi connectivity index (χ0) is 15.5. The lowest BCUT2D eigenvalue weighted by Gasteiger charge is -2.19. The Morgan fingerprint density at radius 2 is 2.00 bits per heavy atom. The first-order valence-corrected chi connectivity index (χ1v) is 5.98. The van der Waals surface area contributed by atoms with Crippen LogP contribution in [0.3, 0.4) is 0 Å². The molecule has 0 aliphatic rings. The molecule has 0 amide bonds. The zero-order valence-corrected chi connectivity index (χ0v) is 11.1. The van der Waals surface area contributed by atoms with E-state index in [-0.39, 0.29) is 23.6 Å². The maximum Gasteiger partial charge on any atom is 0.573 e. The number of benzene rings is 1. The highest BCUT2D eigenvalue weighted by Crippen LogP contribution is 2.36. The van der Waals surface area contributed by atoms with Crippen molar-refractivity contribution in [3.63, 3.8) is 0 Å². The van der Waals surface area contributed by atoms with Gasteiger partial charge in [-0.2, -0.15) is 0 Å². The molecule has 0 heterocycles. The first-order chi connectivity index (χ1) is 9.11. The molecule has 0 aliphatic heterocycles. The summed E-state index contributed by atoms with van der Waals surface area (Å²) >= 11 is 0. The molecule has 0 fully saturated rings. The van der Waals surface area contributed by atoms with Crippen LogP contribution in [0.5, 0.6) is 5.75 Å². The van der Waals surface area contributed by atoms with Crippen LogP contribution in [-0.4, -0.2) is 17.4 Å². The van der Waals surface area contributed by atoms with Gasteiger partial charge in [-0.25, -0.2) is 0 Å². The Hall–Kier alpha value is -1.92. The number of carboxylic acids is 1. The number of para-hydroxylation sites is 1. The second-order valence-corrected chi connectivity index (χ2v) is 4.83. The van der Waals surface area contributed by atoms with Crippen LogP contribution in [0.4, 0.5) is 18.9 Å². The SMILES string of the molecule is CC(C)CC(C(=O)O)c1cccc(OC(F)(F)F)c1N. The molecule has 0 saturated carbocycles. The van der Waals surface area contributed by atoms with E-state index in [1.807, 2.05) is 13.8 Å². The van der Waals surface area contributed by atoms with Crippen LogP contribution >= 0.6 is 0 Å². The molecule has 0 spiro atoms.